The molecular weight excluding hydrogens is 357 g/mol. The fraction of sp³-hybridized carbons (Fsp3) is 0.333. The lowest BCUT2D eigenvalue weighted by atomic mass is 9.96. The van der Waals surface area contributed by atoms with E-state index in [2.05, 4.69) is 15.4 Å². The van der Waals surface area contributed by atoms with Gasteiger partial charge in [-0.05, 0) is 38.9 Å². The van der Waals surface area contributed by atoms with Crippen molar-refractivity contribution in [2.75, 3.05) is 25.4 Å². The zero-order chi connectivity index (χ0) is 19.5. The number of hydrogen-bond donors (Lipinski definition) is 2. The molecule has 2 aromatic heterocycles. The molecule has 0 amide bonds. The fourth-order valence-electron chi connectivity index (χ4n) is 3.70. The van der Waals surface area contributed by atoms with Crippen LogP contribution in [0.1, 0.15) is 25.8 Å². The number of nitrogen functional groups attached to an aromatic ring is 1. The smallest absolute Gasteiger partial charge is 0.169 e. The van der Waals surface area contributed by atoms with Crippen molar-refractivity contribution in [2.45, 2.75) is 25.8 Å². The Kier molecular flexibility index (Phi) is 5.25. The van der Waals surface area contributed by atoms with Gasteiger partial charge in [-0.3, -0.25) is 4.68 Å². The third-order valence-corrected chi connectivity index (χ3v) is 5.09. The summed E-state index contributed by atoms with van der Waals surface area (Å²) in [6.45, 7) is 4.24. The number of nitrogens with one attached hydrogen (secondary N) is 1. The molecule has 1 aromatic carbocycles. The van der Waals surface area contributed by atoms with E-state index in [1.165, 1.54) is 6.07 Å². The third-order valence-electron chi connectivity index (χ3n) is 5.09. The number of ether oxygens (including phenoxy) is 1. The molecular formula is C21H24FN5O. The normalized spacial score (nSPS) is 14.9. The first-order valence-corrected chi connectivity index (χ1v) is 9.60. The topological polar surface area (TPSA) is 78.0 Å². The van der Waals surface area contributed by atoms with Gasteiger partial charge in [-0.2, -0.15) is 5.10 Å². The van der Waals surface area contributed by atoms with Gasteiger partial charge in [0, 0.05) is 34.6 Å². The molecule has 0 bridgehead atoms. The summed E-state index contributed by atoms with van der Waals surface area (Å²) >= 11 is 0. The Balaban J connectivity index is 1.84. The number of nitrogens with zero attached hydrogens (tertiary/aromatic N) is 3. The summed E-state index contributed by atoms with van der Waals surface area (Å²) in [6, 6.07) is 6.99. The van der Waals surface area contributed by atoms with E-state index in [4.69, 9.17) is 10.5 Å². The summed E-state index contributed by atoms with van der Waals surface area (Å²) in [6.07, 6.45) is 7.54. The van der Waals surface area contributed by atoms with Gasteiger partial charge in [-0.15, -0.1) is 0 Å². The first-order chi connectivity index (χ1) is 13.7. The van der Waals surface area contributed by atoms with E-state index in [9.17, 15) is 4.39 Å². The zero-order valence-corrected chi connectivity index (χ0v) is 15.9. The maximum Gasteiger partial charge on any atom is 0.169 e. The van der Waals surface area contributed by atoms with Crippen molar-refractivity contribution in [1.82, 2.24) is 20.1 Å². The maximum absolute atomic E-state index is 14.7. The van der Waals surface area contributed by atoms with E-state index in [1.807, 2.05) is 17.8 Å². The molecule has 0 radical (unpaired) electrons. The van der Waals surface area contributed by atoms with Crippen LogP contribution in [0.15, 0.2) is 42.9 Å². The monoisotopic (exact) mass is 381 g/mol. The second-order valence-corrected chi connectivity index (χ2v) is 6.86. The van der Waals surface area contributed by atoms with Gasteiger partial charge in [0.25, 0.3) is 0 Å². The molecule has 3 heterocycles. The number of aromatic nitrogens is 3. The van der Waals surface area contributed by atoms with Crippen LogP contribution in [0.2, 0.25) is 0 Å². The van der Waals surface area contributed by atoms with Gasteiger partial charge in [-0.25, -0.2) is 9.37 Å². The van der Waals surface area contributed by atoms with Crippen molar-refractivity contribution in [1.29, 1.82) is 0 Å². The number of benzene rings is 1. The maximum atomic E-state index is 14.7. The standard InChI is InChI=1S/C21H24FN5O/c1-2-28-20-19(16-5-3-4-6-18(16)22)17(12-25-21(20)23)14-11-26-27(13-14)15-7-9-24-10-8-15/h3-6,11-13,15,24H,2,7-10H2,1H3,(H2,23,25). The van der Waals surface area contributed by atoms with E-state index < -0.39 is 0 Å². The molecule has 28 heavy (non-hydrogen) atoms. The number of halogens is 1. The number of piperidine rings is 1. The number of rotatable bonds is 5. The molecule has 3 aromatic rings. The molecule has 4 rings (SSSR count). The molecule has 0 saturated carbocycles. The third kappa shape index (κ3) is 3.45. The molecule has 6 nitrogen and oxygen atoms in total. The number of nitrogens with two attached hydrogens (primary N) is 1. The van der Waals surface area contributed by atoms with Crippen LogP contribution in [0.25, 0.3) is 22.3 Å². The minimum absolute atomic E-state index is 0.245. The van der Waals surface area contributed by atoms with Crippen molar-refractivity contribution in [3.63, 3.8) is 0 Å². The van der Waals surface area contributed by atoms with Crippen molar-refractivity contribution in [3.8, 4) is 28.0 Å². The largest absolute Gasteiger partial charge is 0.489 e. The van der Waals surface area contributed by atoms with Gasteiger partial charge in [-0.1, -0.05) is 18.2 Å². The van der Waals surface area contributed by atoms with Gasteiger partial charge in [0.05, 0.1) is 18.8 Å². The summed E-state index contributed by atoms with van der Waals surface area (Å²) in [5, 5.41) is 7.93. The van der Waals surface area contributed by atoms with E-state index in [-0.39, 0.29) is 11.6 Å². The van der Waals surface area contributed by atoms with Crippen LogP contribution in [0, 0.1) is 5.82 Å². The number of anilines is 1. The van der Waals surface area contributed by atoms with Crippen LogP contribution < -0.4 is 15.8 Å². The SMILES string of the molecule is CCOc1c(N)ncc(-c2cnn(C3CCNCC3)c2)c1-c1ccccc1F. The van der Waals surface area contributed by atoms with Gasteiger partial charge < -0.3 is 15.8 Å². The van der Waals surface area contributed by atoms with E-state index in [1.54, 1.807) is 30.6 Å². The van der Waals surface area contributed by atoms with Gasteiger partial charge in [0.2, 0.25) is 0 Å². The molecule has 0 unspecified atom stereocenters. The van der Waals surface area contributed by atoms with E-state index in [0.717, 1.165) is 37.1 Å². The van der Waals surface area contributed by atoms with Crippen LogP contribution in [0.4, 0.5) is 10.2 Å². The fourth-order valence-corrected chi connectivity index (χ4v) is 3.70. The number of pyridine rings is 1. The second kappa shape index (κ2) is 7.98. The van der Waals surface area contributed by atoms with Crippen LogP contribution in [0.5, 0.6) is 5.75 Å². The van der Waals surface area contributed by atoms with Crippen molar-refractivity contribution in [3.05, 3.63) is 48.7 Å². The molecule has 0 aliphatic carbocycles. The summed E-state index contributed by atoms with van der Waals surface area (Å²) < 4.78 is 22.4. The van der Waals surface area contributed by atoms with Crippen molar-refractivity contribution >= 4 is 5.82 Å². The molecule has 1 aliphatic heterocycles. The molecule has 0 spiro atoms. The van der Waals surface area contributed by atoms with Crippen molar-refractivity contribution in [2.24, 2.45) is 0 Å². The van der Waals surface area contributed by atoms with Crippen LogP contribution in [-0.4, -0.2) is 34.5 Å². The Bertz CT molecular complexity index is 965. The summed E-state index contributed by atoms with van der Waals surface area (Å²) in [7, 11) is 0. The molecule has 3 N–H and O–H groups in total. The van der Waals surface area contributed by atoms with E-state index >= 15 is 0 Å². The van der Waals surface area contributed by atoms with Gasteiger partial charge >= 0.3 is 0 Å². The Morgan fingerprint density at radius 1 is 1.21 bits per heavy atom. The molecule has 1 aliphatic rings. The van der Waals surface area contributed by atoms with Crippen molar-refractivity contribution < 1.29 is 9.13 Å². The highest BCUT2D eigenvalue weighted by Crippen LogP contribution is 2.42. The zero-order valence-electron chi connectivity index (χ0n) is 15.9. The van der Waals surface area contributed by atoms with Gasteiger partial charge in [0.15, 0.2) is 11.6 Å². The van der Waals surface area contributed by atoms with Crippen LogP contribution in [-0.2, 0) is 0 Å². The summed E-state index contributed by atoms with van der Waals surface area (Å²) in [4.78, 5) is 4.29. The summed E-state index contributed by atoms with van der Waals surface area (Å²) in [5.74, 6) is 0.315. The Labute approximate surface area is 163 Å². The minimum atomic E-state index is -0.332. The molecule has 146 valence electrons. The quantitative estimate of drug-likeness (QED) is 0.705. The second-order valence-electron chi connectivity index (χ2n) is 6.86. The highest BCUT2D eigenvalue weighted by atomic mass is 19.1. The van der Waals surface area contributed by atoms with E-state index in [0.29, 0.717) is 29.5 Å². The lowest BCUT2D eigenvalue weighted by molar-refractivity contribution is 0.342. The summed E-state index contributed by atoms with van der Waals surface area (Å²) in [5.41, 5.74) is 8.74. The Morgan fingerprint density at radius 2 is 2.00 bits per heavy atom. The first kappa shape index (κ1) is 18.4. The van der Waals surface area contributed by atoms with Crippen LogP contribution >= 0.6 is 0 Å². The highest BCUT2D eigenvalue weighted by molar-refractivity contribution is 5.89. The average molecular weight is 381 g/mol. The average Bonchev–Trinajstić information content (AvgIpc) is 3.21. The highest BCUT2D eigenvalue weighted by Gasteiger charge is 2.22. The molecule has 1 saturated heterocycles. The molecule has 1 fully saturated rings. The lowest BCUT2D eigenvalue weighted by Crippen LogP contribution is -2.29. The number of hydrogen-bond acceptors (Lipinski definition) is 5. The van der Waals surface area contributed by atoms with Crippen LogP contribution in [0.3, 0.4) is 0 Å². The van der Waals surface area contributed by atoms with Gasteiger partial charge in [0.1, 0.15) is 5.82 Å². The Morgan fingerprint density at radius 3 is 2.75 bits per heavy atom. The molecule has 7 heteroatoms. The predicted octanol–water partition coefficient (Wildman–Crippen LogP) is 3.66. The predicted molar refractivity (Wildman–Crippen MR) is 108 cm³/mol. The lowest BCUT2D eigenvalue weighted by Gasteiger charge is -2.22. The molecule has 0 atom stereocenters. The minimum Gasteiger partial charge on any atom is -0.489 e. The first-order valence-electron chi connectivity index (χ1n) is 9.60. The Hall–Kier alpha value is -2.93.